The molecule has 0 unspecified atom stereocenters. The van der Waals surface area contributed by atoms with E-state index in [2.05, 4.69) is 45.9 Å². The van der Waals surface area contributed by atoms with Gasteiger partial charge in [-0.15, -0.1) is 0 Å². The Hall–Kier alpha value is -0.780. The lowest BCUT2D eigenvalue weighted by Crippen LogP contribution is -2.02. The van der Waals surface area contributed by atoms with Crippen molar-refractivity contribution in [2.45, 2.75) is 65.7 Å². The fourth-order valence-corrected chi connectivity index (χ4v) is 2.37. The van der Waals surface area contributed by atoms with E-state index < -0.39 is 0 Å². The Morgan fingerprint density at radius 1 is 1.12 bits per heavy atom. The third kappa shape index (κ3) is 3.37. The van der Waals surface area contributed by atoms with Crippen LogP contribution in [0, 0.1) is 6.07 Å². The topological polar surface area (TPSA) is 0 Å². The second-order valence-corrected chi connectivity index (χ2v) is 4.90. The highest BCUT2D eigenvalue weighted by Gasteiger charge is 2.11. The Labute approximate surface area is 101 Å². The molecule has 0 heterocycles. The summed E-state index contributed by atoms with van der Waals surface area (Å²) in [6, 6.07) is 7.82. The van der Waals surface area contributed by atoms with Crippen molar-refractivity contribution in [3.63, 3.8) is 0 Å². The van der Waals surface area contributed by atoms with Crippen molar-refractivity contribution in [2.75, 3.05) is 0 Å². The van der Waals surface area contributed by atoms with Gasteiger partial charge < -0.3 is 0 Å². The first kappa shape index (κ1) is 13.3. The van der Waals surface area contributed by atoms with Crippen LogP contribution in [-0.2, 0) is 12.8 Å². The minimum absolute atomic E-state index is 0.630. The van der Waals surface area contributed by atoms with Crippen LogP contribution in [0.4, 0.5) is 0 Å². The Kier molecular flexibility index (Phi) is 5.59. The predicted molar refractivity (Wildman–Crippen MR) is 72.0 cm³/mol. The SMILES string of the molecule is CCCCc1[c]ccc(CCC)c1C(C)C. The number of rotatable bonds is 6. The zero-order valence-electron chi connectivity index (χ0n) is 11.3. The lowest BCUT2D eigenvalue weighted by molar-refractivity contribution is 0.753. The molecule has 0 fully saturated rings. The first-order valence-corrected chi connectivity index (χ1v) is 6.73. The second kappa shape index (κ2) is 6.73. The molecule has 0 nitrogen and oxygen atoms in total. The quantitative estimate of drug-likeness (QED) is 0.635. The molecule has 0 N–H and O–H groups in total. The second-order valence-electron chi connectivity index (χ2n) is 4.90. The smallest absolute Gasteiger partial charge is 0.0146 e. The highest BCUT2D eigenvalue weighted by Crippen LogP contribution is 2.26. The predicted octanol–water partition coefficient (Wildman–Crippen LogP) is 4.91. The zero-order chi connectivity index (χ0) is 12.0. The highest BCUT2D eigenvalue weighted by molar-refractivity contribution is 5.37. The maximum absolute atomic E-state index is 3.45. The fraction of sp³-hybridized carbons (Fsp3) is 0.625. The van der Waals surface area contributed by atoms with Crippen LogP contribution in [0.3, 0.4) is 0 Å². The molecule has 0 aliphatic rings. The monoisotopic (exact) mass is 217 g/mol. The van der Waals surface area contributed by atoms with E-state index in [1.54, 1.807) is 11.1 Å². The number of hydrogen-bond acceptors (Lipinski definition) is 0. The summed E-state index contributed by atoms with van der Waals surface area (Å²) in [5.74, 6) is 0.630. The molecule has 16 heavy (non-hydrogen) atoms. The van der Waals surface area contributed by atoms with Crippen molar-refractivity contribution in [3.8, 4) is 0 Å². The molecule has 0 aromatic heterocycles. The average molecular weight is 217 g/mol. The molecule has 1 radical (unpaired) electrons. The average Bonchev–Trinajstić information content (AvgIpc) is 2.26. The number of unbranched alkanes of at least 4 members (excludes halogenated alkanes) is 1. The van der Waals surface area contributed by atoms with Gasteiger partial charge in [-0.25, -0.2) is 0 Å². The van der Waals surface area contributed by atoms with Crippen LogP contribution >= 0.6 is 0 Å². The maximum atomic E-state index is 3.45. The summed E-state index contributed by atoms with van der Waals surface area (Å²) < 4.78 is 0. The zero-order valence-corrected chi connectivity index (χ0v) is 11.3. The van der Waals surface area contributed by atoms with E-state index in [4.69, 9.17) is 0 Å². The van der Waals surface area contributed by atoms with Gasteiger partial charge in [0.15, 0.2) is 0 Å². The summed E-state index contributed by atoms with van der Waals surface area (Å²) >= 11 is 0. The maximum Gasteiger partial charge on any atom is -0.0146 e. The van der Waals surface area contributed by atoms with Crippen molar-refractivity contribution in [3.05, 3.63) is 34.9 Å². The van der Waals surface area contributed by atoms with Crippen LogP contribution in [0.1, 0.15) is 69.6 Å². The normalized spacial score (nSPS) is 11.1. The van der Waals surface area contributed by atoms with Gasteiger partial charge >= 0.3 is 0 Å². The summed E-state index contributed by atoms with van der Waals surface area (Å²) in [5, 5.41) is 0. The lowest BCUT2D eigenvalue weighted by Gasteiger charge is -2.17. The molecule has 1 aromatic carbocycles. The molecule has 89 valence electrons. The molecule has 0 bridgehead atoms. The third-order valence-corrected chi connectivity index (χ3v) is 3.09. The molecule has 0 amide bonds. The van der Waals surface area contributed by atoms with Crippen LogP contribution in [-0.4, -0.2) is 0 Å². The lowest BCUT2D eigenvalue weighted by atomic mass is 9.88. The summed E-state index contributed by atoms with van der Waals surface area (Å²) in [6.45, 7) is 9.12. The molecule has 0 heteroatoms. The summed E-state index contributed by atoms with van der Waals surface area (Å²) in [6.07, 6.45) is 6.19. The number of hydrogen-bond donors (Lipinski definition) is 0. The van der Waals surface area contributed by atoms with E-state index in [0.717, 1.165) is 0 Å². The molecule has 0 aliphatic heterocycles. The third-order valence-electron chi connectivity index (χ3n) is 3.09. The van der Waals surface area contributed by atoms with Crippen LogP contribution in [0.25, 0.3) is 0 Å². The van der Waals surface area contributed by atoms with Gasteiger partial charge in [0.2, 0.25) is 0 Å². The largest absolute Gasteiger partial charge is 0.0654 e. The van der Waals surface area contributed by atoms with Crippen LogP contribution < -0.4 is 0 Å². The summed E-state index contributed by atoms with van der Waals surface area (Å²) in [4.78, 5) is 0. The van der Waals surface area contributed by atoms with Gasteiger partial charge in [0, 0.05) is 0 Å². The minimum atomic E-state index is 0.630. The molecule has 0 saturated carbocycles. The van der Waals surface area contributed by atoms with Crippen molar-refractivity contribution < 1.29 is 0 Å². The molecule has 1 rings (SSSR count). The molecule has 0 aliphatic carbocycles. The fourth-order valence-electron chi connectivity index (χ4n) is 2.37. The Morgan fingerprint density at radius 2 is 1.88 bits per heavy atom. The van der Waals surface area contributed by atoms with Crippen molar-refractivity contribution >= 4 is 0 Å². The van der Waals surface area contributed by atoms with Gasteiger partial charge in [-0.2, -0.15) is 0 Å². The van der Waals surface area contributed by atoms with Crippen LogP contribution in [0.5, 0.6) is 0 Å². The van der Waals surface area contributed by atoms with Crippen LogP contribution in [0.15, 0.2) is 12.1 Å². The van der Waals surface area contributed by atoms with Crippen molar-refractivity contribution in [1.82, 2.24) is 0 Å². The summed E-state index contributed by atoms with van der Waals surface area (Å²) in [5.41, 5.74) is 4.57. The number of aryl methyl sites for hydroxylation is 2. The minimum Gasteiger partial charge on any atom is -0.0654 e. The van der Waals surface area contributed by atoms with Gasteiger partial charge in [0.1, 0.15) is 0 Å². The van der Waals surface area contributed by atoms with E-state index in [1.165, 1.54) is 37.7 Å². The van der Waals surface area contributed by atoms with E-state index in [0.29, 0.717) is 5.92 Å². The number of benzene rings is 1. The van der Waals surface area contributed by atoms with Crippen LogP contribution in [0.2, 0.25) is 0 Å². The highest BCUT2D eigenvalue weighted by atomic mass is 14.2. The molecule has 0 spiro atoms. The van der Waals surface area contributed by atoms with Gasteiger partial charge in [-0.1, -0.05) is 52.7 Å². The van der Waals surface area contributed by atoms with E-state index in [-0.39, 0.29) is 0 Å². The Bertz CT molecular complexity index is 310. The van der Waals surface area contributed by atoms with Gasteiger partial charge in [0.05, 0.1) is 0 Å². The van der Waals surface area contributed by atoms with E-state index >= 15 is 0 Å². The first-order chi connectivity index (χ1) is 7.70. The Balaban J connectivity index is 3.00. The molecule has 0 atom stereocenters. The molecular formula is C16H25. The van der Waals surface area contributed by atoms with Crippen molar-refractivity contribution in [2.24, 2.45) is 0 Å². The molecular weight excluding hydrogens is 192 g/mol. The van der Waals surface area contributed by atoms with Gasteiger partial charge in [0.25, 0.3) is 0 Å². The van der Waals surface area contributed by atoms with Gasteiger partial charge in [-0.3, -0.25) is 0 Å². The summed E-state index contributed by atoms with van der Waals surface area (Å²) in [7, 11) is 0. The van der Waals surface area contributed by atoms with E-state index in [1.807, 2.05) is 0 Å². The Morgan fingerprint density at radius 3 is 2.44 bits per heavy atom. The standard InChI is InChI=1S/C16H25/c1-5-7-10-15-12-8-11-14(9-6-2)16(15)13(3)4/h8,11,13H,5-7,9-10H2,1-4H3. The van der Waals surface area contributed by atoms with Gasteiger partial charge in [-0.05, 0) is 47.9 Å². The molecule has 1 aromatic rings. The van der Waals surface area contributed by atoms with Crippen molar-refractivity contribution in [1.29, 1.82) is 0 Å². The molecule has 0 saturated heterocycles. The van der Waals surface area contributed by atoms with E-state index in [9.17, 15) is 0 Å². The first-order valence-electron chi connectivity index (χ1n) is 6.73.